The van der Waals surface area contributed by atoms with E-state index in [4.69, 9.17) is 9.47 Å². The van der Waals surface area contributed by atoms with Crippen molar-refractivity contribution in [2.24, 2.45) is 0 Å². The highest BCUT2D eigenvalue weighted by molar-refractivity contribution is 5.98. The summed E-state index contributed by atoms with van der Waals surface area (Å²) in [6.07, 6.45) is 0.932. The van der Waals surface area contributed by atoms with E-state index in [0.29, 0.717) is 13.2 Å². The summed E-state index contributed by atoms with van der Waals surface area (Å²) in [4.78, 5) is 4.24. The number of hydrogen-bond donors (Lipinski definition) is 0. The molecule has 0 heterocycles. The van der Waals surface area contributed by atoms with E-state index >= 15 is 0 Å². The van der Waals surface area contributed by atoms with Crippen LogP contribution < -0.4 is 9.47 Å². The van der Waals surface area contributed by atoms with E-state index in [1.54, 1.807) is 0 Å². The summed E-state index contributed by atoms with van der Waals surface area (Å²) in [6.45, 7) is 5.36. The van der Waals surface area contributed by atoms with Crippen LogP contribution in [0.1, 0.15) is 30.0 Å². The van der Waals surface area contributed by atoms with Crippen molar-refractivity contribution in [1.29, 1.82) is 0 Å². The summed E-state index contributed by atoms with van der Waals surface area (Å²) in [7, 11) is 8.21. The lowest BCUT2D eigenvalue weighted by molar-refractivity contribution is 0.261. The molecule has 0 atom stereocenters. The first-order valence-electron chi connectivity index (χ1n) is 12.0. The van der Waals surface area contributed by atoms with Crippen LogP contribution in [0.2, 0.25) is 0 Å². The number of rotatable bonds is 12. The quantitative estimate of drug-likeness (QED) is 0.352. The van der Waals surface area contributed by atoms with Crippen molar-refractivity contribution in [2.75, 3.05) is 54.5 Å². The third-order valence-electron chi connectivity index (χ3n) is 5.68. The molecule has 36 heavy (non-hydrogen) atoms. The molecule has 3 rings (SSSR count). The smallest absolute Gasteiger partial charge is 0.119 e. The van der Waals surface area contributed by atoms with E-state index in [2.05, 4.69) is 124 Å². The molecule has 0 saturated carbocycles. The van der Waals surface area contributed by atoms with Crippen LogP contribution in [0.3, 0.4) is 0 Å². The minimum Gasteiger partial charge on any atom is -0.492 e. The second kappa shape index (κ2) is 15.8. The maximum Gasteiger partial charge on any atom is 0.119 e. The first-order chi connectivity index (χ1) is 16.5. The van der Waals surface area contributed by atoms with Crippen LogP contribution in [-0.2, 0) is 0 Å². The van der Waals surface area contributed by atoms with Gasteiger partial charge in [0.2, 0.25) is 0 Å². The second-order valence-electron chi connectivity index (χ2n) is 8.93. The zero-order chi connectivity index (χ0) is 24.3. The van der Waals surface area contributed by atoms with Gasteiger partial charge in [0.25, 0.3) is 0 Å². The fourth-order valence-electron chi connectivity index (χ4n) is 3.81. The van der Waals surface area contributed by atoms with Gasteiger partial charge in [-0.3, -0.25) is 0 Å². The Bertz CT molecular complexity index is 971. The molecule has 3 aromatic rings. The lowest BCUT2D eigenvalue weighted by Gasteiger charge is -2.18. The molecule has 196 valence electrons. The predicted octanol–water partition coefficient (Wildman–Crippen LogP) is 4.29. The van der Waals surface area contributed by atoms with Crippen LogP contribution >= 0.6 is 0 Å². The number of likely N-dealkylation sites (N-methyl/N-ethyl adjacent to an activating group) is 2. The van der Waals surface area contributed by atoms with Crippen LogP contribution in [0.25, 0.3) is 11.1 Å². The van der Waals surface area contributed by atoms with Gasteiger partial charge in [0.05, 0.1) is 0 Å². The van der Waals surface area contributed by atoms with Crippen LogP contribution in [0.5, 0.6) is 11.5 Å². The number of benzene rings is 3. The molecule has 3 aromatic carbocycles. The summed E-state index contributed by atoms with van der Waals surface area (Å²) < 4.78 is 11.8. The van der Waals surface area contributed by atoms with E-state index < -0.39 is 0 Å². The lowest BCUT2D eigenvalue weighted by Crippen LogP contribution is -2.19. The molecule has 0 aliphatic carbocycles. The van der Waals surface area contributed by atoms with Gasteiger partial charge in [-0.05, 0) is 86.7 Å². The van der Waals surface area contributed by atoms with Gasteiger partial charge in [0, 0.05) is 13.1 Å². The highest BCUT2D eigenvalue weighted by atomic mass is 16.5. The molecule has 0 unspecified atom stereocenters. The fraction of sp³-hybridized carbons (Fsp3) is 0.333. The normalized spacial score (nSPS) is 10.4. The summed E-state index contributed by atoms with van der Waals surface area (Å²) in [6, 6.07) is 27.6. The molecule has 0 spiro atoms. The third-order valence-corrected chi connectivity index (χ3v) is 5.68. The fourth-order valence-corrected chi connectivity index (χ4v) is 3.81. The Balaban J connectivity index is 0.00000324. The van der Waals surface area contributed by atoms with Crippen molar-refractivity contribution >= 4 is 11.1 Å². The largest absolute Gasteiger partial charge is 0.492 e. The van der Waals surface area contributed by atoms with Crippen LogP contribution in [-0.4, -0.2) is 75.2 Å². The number of ether oxygens (including phenoxy) is 2. The van der Waals surface area contributed by atoms with Crippen molar-refractivity contribution in [3.63, 3.8) is 0 Å². The highest BCUT2D eigenvalue weighted by Gasteiger charge is 2.13. The van der Waals surface area contributed by atoms with Crippen LogP contribution in [0.15, 0.2) is 78.9 Å². The highest BCUT2D eigenvalue weighted by Crippen LogP contribution is 2.35. The van der Waals surface area contributed by atoms with Crippen molar-refractivity contribution in [3.05, 3.63) is 95.6 Å². The van der Waals surface area contributed by atoms with Gasteiger partial charge in [0.15, 0.2) is 0 Å². The van der Waals surface area contributed by atoms with E-state index in [-0.39, 0.29) is 11.0 Å². The summed E-state index contributed by atoms with van der Waals surface area (Å²) in [5, 5.41) is 0. The maximum absolute atomic E-state index is 5.92. The monoisotopic (exact) mass is 494 g/mol. The molecule has 6 nitrogen and oxygen atoms in total. The van der Waals surface area contributed by atoms with Crippen molar-refractivity contribution in [2.45, 2.75) is 13.3 Å². The van der Waals surface area contributed by atoms with Gasteiger partial charge < -0.3 is 30.2 Å². The number of nitrogens with zero attached hydrogens (tertiary/aromatic N) is 2. The molecular weight excluding hydrogens is 452 g/mol. The predicted molar refractivity (Wildman–Crippen MR) is 151 cm³/mol. The number of hydrogen-bond acceptors (Lipinski definition) is 4. The molecule has 0 bridgehead atoms. The van der Waals surface area contributed by atoms with E-state index in [1.807, 2.05) is 0 Å². The van der Waals surface area contributed by atoms with Gasteiger partial charge in [-0.1, -0.05) is 61.5 Å². The third kappa shape index (κ3) is 9.13. The molecule has 0 radical (unpaired) electrons. The van der Waals surface area contributed by atoms with E-state index in [0.717, 1.165) is 31.0 Å². The molecule has 0 saturated heterocycles. The number of allylic oxidation sites excluding steroid dienone is 1. The van der Waals surface area contributed by atoms with Gasteiger partial charge in [-0.15, -0.1) is 0 Å². The van der Waals surface area contributed by atoms with Crippen molar-refractivity contribution in [1.82, 2.24) is 9.80 Å². The van der Waals surface area contributed by atoms with Gasteiger partial charge in [-0.2, -0.15) is 0 Å². The van der Waals surface area contributed by atoms with E-state index in [1.165, 1.54) is 27.8 Å². The average Bonchev–Trinajstić information content (AvgIpc) is 2.84. The topological polar surface area (TPSA) is 87.9 Å². The van der Waals surface area contributed by atoms with Crippen molar-refractivity contribution < 1.29 is 20.4 Å². The zero-order valence-electron chi connectivity index (χ0n) is 22.3. The minimum atomic E-state index is 0. The second-order valence-corrected chi connectivity index (χ2v) is 8.93. The Kier molecular flexibility index (Phi) is 13.5. The Hall–Kier alpha value is -3.16. The molecular formula is C30H42N2O4. The summed E-state index contributed by atoms with van der Waals surface area (Å²) >= 11 is 0. The van der Waals surface area contributed by atoms with Gasteiger partial charge in [-0.25, -0.2) is 0 Å². The molecule has 0 fully saturated rings. The van der Waals surface area contributed by atoms with Crippen LogP contribution in [0.4, 0.5) is 0 Å². The maximum atomic E-state index is 5.92. The Labute approximate surface area is 216 Å². The zero-order valence-corrected chi connectivity index (χ0v) is 22.3. The molecule has 0 amide bonds. The van der Waals surface area contributed by atoms with E-state index in [9.17, 15) is 0 Å². The summed E-state index contributed by atoms with van der Waals surface area (Å²) in [5.74, 6) is 1.79. The molecule has 4 N–H and O–H groups in total. The Morgan fingerprint density at radius 2 is 1.00 bits per heavy atom. The van der Waals surface area contributed by atoms with Crippen molar-refractivity contribution in [3.8, 4) is 11.5 Å². The van der Waals surface area contributed by atoms with Crippen LogP contribution in [0, 0.1) is 0 Å². The molecule has 6 heteroatoms. The summed E-state index contributed by atoms with van der Waals surface area (Å²) in [5.41, 5.74) is 6.18. The lowest BCUT2D eigenvalue weighted by atomic mass is 9.88. The Morgan fingerprint density at radius 3 is 1.36 bits per heavy atom. The molecule has 0 aromatic heterocycles. The Morgan fingerprint density at radius 1 is 0.583 bits per heavy atom. The standard InChI is InChI=1S/C30H38N2O2.2H2O/c1-6-29(24-10-8-7-9-11-24)30(25-12-16-27(17-13-25)33-22-20-31(2)3)26-14-18-28(19-15-26)34-23-21-32(4)5;;/h7-19H,6,20-23H2,1-5H3;2*1H2. The molecule has 0 aliphatic rings. The minimum absolute atomic E-state index is 0. The molecule has 0 aliphatic heterocycles. The SMILES string of the molecule is CCC(=C(c1ccc(OCCN(C)C)cc1)c1ccc(OCCN(C)C)cc1)c1ccccc1.O.O. The average molecular weight is 495 g/mol. The first kappa shape index (κ1) is 30.9. The first-order valence-corrected chi connectivity index (χ1v) is 12.0. The van der Waals surface area contributed by atoms with Gasteiger partial charge >= 0.3 is 0 Å². The van der Waals surface area contributed by atoms with Gasteiger partial charge in [0.1, 0.15) is 24.7 Å².